The molecule has 132 valence electrons. The first-order valence-electron chi connectivity index (χ1n) is 9.10. The van der Waals surface area contributed by atoms with Crippen molar-refractivity contribution in [2.75, 3.05) is 18.0 Å². The van der Waals surface area contributed by atoms with Crippen LogP contribution in [0.25, 0.3) is 11.0 Å². The summed E-state index contributed by atoms with van der Waals surface area (Å²) >= 11 is 0. The van der Waals surface area contributed by atoms with Crippen molar-refractivity contribution in [2.24, 2.45) is 0 Å². The van der Waals surface area contributed by atoms with Crippen LogP contribution in [0.4, 0.5) is 5.82 Å². The Morgan fingerprint density at radius 1 is 1.19 bits per heavy atom. The normalized spacial score (nSPS) is 18.3. The molecule has 0 radical (unpaired) electrons. The van der Waals surface area contributed by atoms with Crippen molar-refractivity contribution >= 4 is 22.8 Å². The first-order valence-corrected chi connectivity index (χ1v) is 9.10. The van der Waals surface area contributed by atoms with E-state index in [4.69, 9.17) is 0 Å². The summed E-state index contributed by atoms with van der Waals surface area (Å²) in [6.07, 6.45) is 5.22. The fraction of sp³-hybridized carbons (Fsp3) is 0.350. The summed E-state index contributed by atoms with van der Waals surface area (Å²) in [5, 5.41) is 1.12. The molecule has 6 nitrogen and oxygen atoms in total. The van der Waals surface area contributed by atoms with E-state index in [1.54, 1.807) is 6.33 Å². The Bertz CT molecular complexity index is 974. The topological polar surface area (TPSA) is 65.1 Å². The smallest absolute Gasteiger partial charge is 0.225 e. The number of nitrogens with one attached hydrogen (secondary N) is 1. The number of nitrogens with zero attached hydrogens (tertiary/aromatic N) is 4. The third-order valence-electron chi connectivity index (χ3n) is 5.72. The van der Waals surface area contributed by atoms with E-state index in [2.05, 4.69) is 38.9 Å². The van der Waals surface area contributed by atoms with Crippen LogP contribution in [0.2, 0.25) is 0 Å². The Balaban J connectivity index is 1.39. The van der Waals surface area contributed by atoms with E-state index in [1.165, 1.54) is 11.1 Å². The molecule has 0 saturated carbocycles. The molecule has 1 N–H and O–H groups in total. The molecule has 1 spiro atoms. The number of hydrogen-bond donors (Lipinski definition) is 1. The van der Waals surface area contributed by atoms with E-state index < -0.39 is 0 Å². The standard InChI is InChI=1S/C20H21N5O/c1-2-15-9-21-18-17(15)19(23-13-22-18)24-11-20(12-24)8-16(26)25(20)10-14-6-4-3-5-7-14/h3-7,9,13H,2,8,10-12H2,1H3,(H,21,22,23). The monoisotopic (exact) mass is 347 g/mol. The molecule has 2 saturated heterocycles. The number of rotatable bonds is 4. The van der Waals surface area contributed by atoms with Gasteiger partial charge in [0.15, 0.2) is 0 Å². The fourth-order valence-electron chi connectivity index (χ4n) is 4.29. The lowest BCUT2D eigenvalue weighted by molar-refractivity contribution is -0.161. The van der Waals surface area contributed by atoms with E-state index in [-0.39, 0.29) is 11.4 Å². The molecule has 2 aliphatic rings. The van der Waals surface area contributed by atoms with Gasteiger partial charge >= 0.3 is 0 Å². The predicted molar refractivity (Wildman–Crippen MR) is 99.8 cm³/mol. The summed E-state index contributed by atoms with van der Waals surface area (Å²) in [5.74, 6) is 1.23. The number of carbonyl (C=O) groups is 1. The van der Waals surface area contributed by atoms with Crippen LogP contribution in [0.1, 0.15) is 24.5 Å². The van der Waals surface area contributed by atoms with E-state index in [0.717, 1.165) is 36.4 Å². The second kappa shape index (κ2) is 5.56. The summed E-state index contributed by atoms with van der Waals surface area (Å²) in [4.78, 5) is 28.7. The van der Waals surface area contributed by atoms with Crippen LogP contribution in [-0.4, -0.2) is 44.4 Å². The van der Waals surface area contributed by atoms with E-state index >= 15 is 0 Å². The van der Waals surface area contributed by atoms with Crippen LogP contribution in [0.15, 0.2) is 42.9 Å². The van der Waals surface area contributed by atoms with E-state index in [0.29, 0.717) is 13.0 Å². The summed E-state index contributed by atoms with van der Waals surface area (Å²) in [7, 11) is 0. The van der Waals surface area contributed by atoms with E-state index in [1.807, 2.05) is 29.3 Å². The van der Waals surface area contributed by atoms with Gasteiger partial charge in [-0.1, -0.05) is 37.3 Å². The van der Waals surface area contributed by atoms with Gasteiger partial charge in [0.05, 0.1) is 17.3 Å². The van der Waals surface area contributed by atoms with Crippen molar-refractivity contribution in [3.05, 3.63) is 54.0 Å². The zero-order valence-corrected chi connectivity index (χ0v) is 14.8. The number of aryl methyl sites for hydroxylation is 1. The van der Waals surface area contributed by atoms with Gasteiger partial charge < -0.3 is 14.8 Å². The van der Waals surface area contributed by atoms with Gasteiger partial charge in [-0.05, 0) is 17.5 Å². The van der Waals surface area contributed by atoms with Crippen LogP contribution >= 0.6 is 0 Å². The van der Waals surface area contributed by atoms with Crippen molar-refractivity contribution in [1.29, 1.82) is 0 Å². The maximum atomic E-state index is 12.2. The molecule has 1 aromatic carbocycles. The minimum Gasteiger partial charge on any atom is -0.351 e. The molecular formula is C20H21N5O. The molecule has 2 aliphatic heterocycles. The number of H-pyrrole nitrogens is 1. The highest BCUT2D eigenvalue weighted by Gasteiger charge is 2.58. The molecule has 0 unspecified atom stereocenters. The number of aromatic amines is 1. The number of fused-ring (bicyclic) bond motifs is 1. The number of amides is 1. The molecule has 4 heterocycles. The molecule has 0 bridgehead atoms. The molecule has 3 aromatic rings. The Hall–Kier alpha value is -2.89. The average molecular weight is 347 g/mol. The molecule has 0 aliphatic carbocycles. The third-order valence-corrected chi connectivity index (χ3v) is 5.72. The number of hydrogen-bond acceptors (Lipinski definition) is 4. The summed E-state index contributed by atoms with van der Waals surface area (Å²) in [5.41, 5.74) is 3.27. The minimum atomic E-state index is -0.0348. The van der Waals surface area contributed by atoms with Crippen molar-refractivity contribution in [3.8, 4) is 0 Å². The van der Waals surface area contributed by atoms with Crippen molar-refractivity contribution in [1.82, 2.24) is 19.9 Å². The molecule has 6 heteroatoms. The molecule has 5 rings (SSSR count). The van der Waals surface area contributed by atoms with Crippen molar-refractivity contribution in [2.45, 2.75) is 31.8 Å². The summed E-state index contributed by atoms with van der Waals surface area (Å²) < 4.78 is 0. The maximum Gasteiger partial charge on any atom is 0.225 e. The van der Waals surface area contributed by atoms with Gasteiger partial charge in [-0.25, -0.2) is 9.97 Å². The number of carbonyl (C=O) groups excluding carboxylic acids is 1. The van der Waals surface area contributed by atoms with Crippen LogP contribution in [-0.2, 0) is 17.8 Å². The Morgan fingerprint density at radius 3 is 2.73 bits per heavy atom. The Morgan fingerprint density at radius 2 is 2.00 bits per heavy atom. The second-order valence-electron chi connectivity index (χ2n) is 7.31. The van der Waals surface area contributed by atoms with Crippen LogP contribution in [0.5, 0.6) is 0 Å². The van der Waals surface area contributed by atoms with Crippen LogP contribution < -0.4 is 4.90 Å². The third kappa shape index (κ3) is 2.14. The number of aromatic nitrogens is 3. The average Bonchev–Trinajstić information content (AvgIpc) is 3.06. The van der Waals surface area contributed by atoms with Gasteiger partial charge in [-0.15, -0.1) is 0 Å². The van der Waals surface area contributed by atoms with Crippen LogP contribution in [0, 0.1) is 0 Å². The Kier molecular flexibility index (Phi) is 3.29. The van der Waals surface area contributed by atoms with E-state index in [9.17, 15) is 4.79 Å². The molecule has 26 heavy (non-hydrogen) atoms. The van der Waals surface area contributed by atoms with Gasteiger partial charge in [0.1, 0.15) is 17.8 Å². The van der Waals surface area contributed by atoms with Gasteiger partial charge in [-0.3, -0.25) is 4.79 Å². The van der Waals surface area contributed by atoms with Crippen molar-refractivity contribution < 1.29 is 4.79 Å². The highest BCUT2D eigenvalue weighted by Crippen LogP contribution is 2.44. The predicted octanol–water partition coefficient (Wildman–Crippen LogP) is 2.51. The minimum absolute atomic E-state index is 0.0348. The van der Waals surface area contributed by atoms with Crippen LogP contribution in [0.3, 0.4) is 0 Å². The van der Waals surface area contributed by atoms with Gasteiger partial charge in [-0.2, -0.15) is 0 Å². The number of β-lactam (4-membered cyclic amide) rings is 1. The van der Waals surface area contributed by atoms with Gasteiger partial charge in [0, 0.05) is 25.8 Å². The molecular weight excluding hydrogens is 326 g/mol. The first-order chi connectivity index (χ1) is 12.7. The van der Waals surface area contributed by atoms with Crippen molar-refractivity contribution in [3.63, 3.8) is 0 Å². The summed E-state index contributed by atoms with van der Waals surface area (Å²) in [6, 6.07) is 10.2. The summed E-state index contributed by atoms with van der Waals surface area (Å²) in [6.45, 7) is 4.51. The first kappa shape index (κ1) is 15.4. The number of likely N-dealkylation sites (tertiary alicyclic amines) is 1. The zero-order chi connectivity index (χ0) is 17.7. The second-order valence-corrected chi connectivity index (χ2v) is 7.31. The highest BCUT2D eigenvalue weighted by atomic mass is 16.2. The SMILES string of the molecule is CCc1c[nH]c2ncnc(N3CC4(CC(=O)N4Cc4ccccc4)C3)c12. The molecule has 2 aromatic heterocycles. The van der Waals surface area contributed by atoms with Gasteiger partial charge in [0.2, 0.25) is 5.91 Å². The number of benzene rings is 1. The number of anilines is 1. The lowest BCUT2D eigenvalue weighted by Gasteiger charge is -2.62. The molecule has 0 atom stereocenters. The highest BCUT2D eigenvalue weighted by molar-refractivity contribution is 5.93. The lowest BCUT2D eigenvalue weighted by Crippen LogP contribution is -2.78. The maximum absolute atomic E-state index is 12.2. The lowest BCUT2D eigenvalue weighted by atomic mass is 9.76. The zero-order valence-electron chi connectivity index (χ0n) is 14.8. The largest absolute Gasteiger partial charge is 0.351 e. The molecule has 1 amide bonds. The quantitative estimate of drug-likeness (QED) is 0.737. The fourth-order valence-corrected chi connectivity index (χ4v) is 4.29. The molecule has 2 fully saturated rings. The Labute approximate surface area is 151 Å². The van der Waals surface area contributed by atoms with Gasteiger partial charge in [0.25, 0.3) is 0 Å².